The summed E-state index contributed by atoms with van der Waals surface area (Å²) in [5.74, 6) is 1.39. The van der Waals surface area contributed by atoms with E-state index in [0.29, 0.717) is 5.91 Å². The Bertz CT molecular complexity index is 207. The molecule has 2 aliphatic rings. The number of hydrogen-bond donors (Lipinski definition) is 1. The summed E-state index contributed by atoms with van der Waals surface area (Å²) in [6, 6.07) is 0. The van der Waals surface area contributed by atoms with Crippen LogP contribution < -0.4 is 5.32 Å². The van der Waals surface area contributed by atoms with Crippen LogP contribution in [0.15, 0.2) is 0 Å². The van der Waals surface area contributed by atoms with E-state index in [1.54, 1.807) is 0 Å². The van der Waals surface area contributed by atoms with E-state index in [1.165, 1.54) is 19.3 Å². The molecule has 0 bridgehead atoms. The molecule has 3 nitrogen and oxygen atoms in total. The molecule has 0 aromatic carbocycles. The van der Waals surface area contributed by atoms with E-state index in [2.05, 4.69) is 5.32 Å². The highest BCUT2D eigenvalue weighted by Gasteiger charge is 2.27. The molecule has 1 unspecified atom stereocenters. The zero-order chi connectivity index (χ0) is 9.97. The monoisotopic (exact) mass is 196 g/mol. The quantitative estimate of drug-likeness (QED) is 0.726. The number of carbonyl (C=O) groups excluding carboxylic acids is 1. The zero-order valence-corrected chi connectivity index (χ0v) is 8.96. The van der Waals surface area contributed by atoms with Crippen molar-refractivity contribution in [2.24, 2.45) is 11.8 Å². The molecule has 2 rings (SSSR count). The van der Waals surface area contributed by atoms with Gasteiger partial charge < -0.3 is 10.2 Å². The van der Waals surface area contributed by atoms with Gasteiger partial charge in [0, 0.05) is 20.1 Å². The second-order valence-corrected chi connectivity index (χ2v) is 4.71. The largest absolute Gasteiger partial charge is 0.345 e. The summed E-state index contributed by atoms with van der Waals surface area (Å²) >= 11 is 0. The molecular weight excluding hydrogens is 176 g/mol. The number of rotatable bonds is 3. The summed E-state index contributed by atoms with van der Waals surface area (Å²) in [5, 5.41) is 3.24. The maximum absolute atomic E-state index is 11.9. The Morgan fingerprint density at radius 2 is 2.21 bits per heavy atom. The minimum absolute atomic E-state index is 0.250. The number of nitrogens with zero attached hydrogens (tertiary/aromatic N) is 1. The van der Waals surface area contributed by atoms with E-state index < -0.39 is 0 Å². The highest BCUT2D eigenvalue weighted by Crippen LogP contribution is 2.27. The van der Waals surface area contributed by atoms with Crippen LogP contribution in [0.4, 0.5) is 0 Å². The van der Waals surface area contributed by atoms with Crippen molar-refractivity contribution in [2.45, 2.75) is 25.7 Å². The van der Waals surface area contributed by atoms with Crippen LogP contribution in [0.25, 0.3) is 0 Å². The molecule has 14 heavy (non-hydrogen) atoms. The SMILES string of the molecule is CN(CC1CCC1)C(=O)C1CCNC1. The topological polar surface area (TPSA) is 32.3 Å². The molecule has 80 valence electrons. The van der Waals surface area contributed by atoms with Gasteiger partial charge in [-0.25, -0.2) is 0 Å². The summed E-state index contributed by atoms with van der Waals surface area (Å²) in [7, 11) is 1.96. The van der Waals surface area contributed by atoms with Crippen molar-refractivity contribution in [3.05, 3.63) is 0 Å². The molecule has 1 saturated carbocycles. The van der Waals surface area contributed by atoms with Gasteiger partial charge in [0.05, 0.1) is 5.92 Å². The normalized spacial score (nSPS) is 27.4. The molecular formula is C11H20N2O. The van der Waals surface area contributed by atoms with Gasteiger partial charge in [-0.1, -0.05) is 6.42 Å². The minimum Gasteiger partial charge on any atom is -0.345 e. The molecule has 0 aromatic heterocycles. The molecule has 3 heteroatoms. The molecule has 1 N–H and O–H groups in total. The third kappa shape index (κ3) is 2.08. The van der Waals surface area contributed by atoms with Gasteiger partial charge in [-0.3, -0.25) is 4.79 Å². The van der Waals surface area contributed by atoms with Gasteiger partial charge in [-0.2, -0.15) is 0 Å². The molecule has 0 spiro atoms. The Balaban J connectivity index is 1.77. The predicted octanol–water partition coefficient (Wildman–Crippen LogP) is 0.854. The highest BCUT2D eigenvalue weighted by molar-refractivity contribution is 5.79. The summed E-state index contributed by atoms with van der Waals surface area (Å²) in [6.07, 6.45) is 5.02. The molecule has 1 atom stereocenters. The lowest BCUT2D eigenvalue weighted by Gasteiger charge is -2.31. The lowest BCUT2D eigenvalue weighted by Crippen LogP contribution is -2.38. The van der Waals surface area contributed by atoms with Crippen LogP contribution in [0.3, 0.4) is 0 Å². The Morgan fingerprint density at radius 1 is 1.43 bits per heavy atom. The van der Waals surface area contributed by atoms with Crippen molar-refractivity contribution in [3.63, 3.8) is 0 Å². The summed E-state index contributed by atoms with van der Waals surface area (Å²) in [5.41, 5.74) is 0. The predicted molar refractivity (Wildman–Crippen MR) is 56.0 cm³/mol. The highest BCUT2D eigenvalue weighted by atomic mass is 16.2. The van der Waals surface area contributed by atoms with Crippen molar-refractivity contribution in [3.8, 4) is 0 Å². The van der Waals surface area contributed by atoms with Crippen LogP contribution in [-0.2, 0) is 4.79 Å². The third-order valence-corrected chi connectivity index (χ3v) is 3.54. The standard InChI is InChI=1S/C11H20N2O/c1-13(8-9-3-2-4-9)11(14)10-5-6-12-7-10/h9-10,12H,2-8H2,1H3. The zero-order valence-electron chi connectivity index (χ0n) is 8.96. The molecule has 2 fully saturated rings. The van der Waals surface area contributed by atoms with E-state index in [9.17, 15) is 4.79 Å². The van der Waals surface area contributed by atoms with Gasteiger partial charge in [-0.05, 0) is 31.7 Å². The van der Waals surface area contributed by atoms with Gasteiger partial charge >= 0.3 is 0 Å². The molecule has 1 heterocycles. The van der Waals surface area contributed by atoms with Gasteiger partial charge in [-0.15, -0.1) is 0 Å². The molecule has 1 aliphatic heterocycles. The van der Waals surface area contributed by atoms with E-state index in [1.807, 2.05) is 11.9 Å². The minimum atomic E-state index is 0.250. The van der Waals surface area contributed by atoms with Gasteiger partial charge in [0.15, 0.2) is 0 Å². The first-order chi connectivity index (χ1) is 6.77. The number of nitrogens with one attached hydrogen (secondary N) is 1. The molecule has 1 aliphatic carbocycles. The smallest absolute Gasteiger partial charge is 0.226 e. The van der Waals surface area contributed by atoms with Crippen LogP contribution in [0.2, 0.25) is 0 Å². The van der Waals surface area contributed by atoms with Crippen LogP contribution in [0.5, 0.6) is 0 Å². The number of carbonyl (C=O) groups is 1. The van der Waals surface area contributed by atoms with E-state index in [0.717, 1.165) is 32.0 Å². The first-order valence-electron chi connectivity index (χ1n) is 5.73. The summed E-state index contributed by atoms with van der Waals surface area (Å²) in [6.45, 7) is 2.87. The Kier molecular flexibility index (Phi) is 3.06. The van der Waals surface area contributed by atoms with Crippen LogP contribution in [0.1, 0.15) is 25.7 Å². The van der Waals surface area contributed by atoms with Gasteiger partial charge in [0.1, 0.15) is 0 Å². The van der Waals surface area contributed by atoms with Crippen LogP contribution in [0, 0.1) is 11.8 Å². The van der Waals surface area contributed by atoms with Crippen molar-refractivity contribution in [1.29, 1.82) is 0 Å². The van der Waals surface area contributed by atoms with Gasteiger partial charge in [0.25, 0.3) is 0 Å². The first kappa shape index (κ1) is 9.97. The van der Waals surface area contributed by atoms with Crippen molar-refractivity contribution < 1.29 is 4.79 Å². The second kappa shape index (κ2) is 4.30. The third-order valence-electron chi connectivity index (χ3n) is 3.54. The first-order valence-corrected chi connectivity index (χ1v) is 5.73. The molecule has 1 amide bonds. The number of amides is 1. The van der Waals surface area contributed by atoms with E-state index >= 15 is 0 Å². The van der Waals surface area contributed by atoms with Crippen molar-refractivity contribution >= 4 is 5.91 Å². The fourth-order valence-corrected chi connectivity index (χ4v) is 2.33. The maximum atomic E-state index is 11.9. The van der Waals surface area contributed by atoms with E-state index in [-0.39, 0.29) is 5.92 Å². The summed E-state index contributed by atoms with van der Waals surface area (Å²) < 4.78 is 0. The molecule has 0 radical (unpaired) electrons. The Labute approximate surface area is 85.8 Å². The second-order valence-electron chi connectivity index (χ2n) is 4.71. The molecule has 1 saturated heterocycles. The molecule has 0 aromatic rings. The van der Waals surface area contributed by atoms with Crippen LogP contribution in [-0.4, -0.2) is 37.5 Å². The van der Waals surface area contributed by atoms with E-state index in [4.69, 9.17) is 0 Å². The fraction of sp³-hybridized carbons (Fsp3) is 0.909. The Hall–Kier alpha value is -0.570. The lowest BCUT2D eigenvalue weighted by atomic mass is 9.85. The number of hydrogen-bond acceptors (Lipinski definition) is 2. The van der Waals surface area contributed by atoms with Crippen LogP contribution >= 0.6 is 0 Å². The maximum Gasteiger partial charge on any atom is 0.226 e. The lowest BCUT2D eigenvalue weighted by molar-refractivity contribution is -0.134. The summed E-state index contributed by atoms with van der Waals surface area (Å²) in [4.78, 5) is 13.9. The average Bonchev–Trinajstić information content (AvgIpc) is 2.62. The Morgan fingerprint density at radius 3 is 2.71 bits per heavy atom. The fourth-order valence-electron chi connectivity index (χ4n) is 2.33. The average molecular weight is 196 g/mol. The van der Waals surface area contributed by atoms with Crippen molar-refractivity contribution in [2.75, 3.05) is 26.7 Å². The van der Waals surface area contributed by atoms with Crippen molar-refractivity contribution in [1.82, 2.24) is 10.2 Å². The van der Waals surface area contributed by atoms with Gasteiger partial charge in [0.2, 0.25) is 5.91 Å².